The molecule has 0 N–H and O–H groups in total. The summed E-state index contributed by atoms with van der Waals surface area (Å²) in [5, 5.41) is -0.797. The zero-order valence-corrected chi connectivity index (χ0v) is 17.2. The van der Waals surface area contributed by atoms with Gasteiger partial charge in [-0.1, -0.05) is 20.8 Å². The van der Waals surface area contributed by atoms with Gasteiger partial charge >= 0.3 is 5.97 Å². The highest BCUT2D eigenvalue weighted by atomic mass is 35.5. The van der Waals surface area contributed by atoms with E-state index in [4.69, 9.17) is 40.0 Å². The molecule has 0 aromatic heterocycles. The normalized spacial score (nSPS) is 39.6. The quantitative estimate of drug-likeness (QED) is 0.539. The van der Waals surface area contributed by atoms with Crippen molar-refractivity contribution < 1.29 is 33.2 Å². The minimum atomic E-state index is -0.818. The van der Waals surface area contributed by atoms with E-state index >= 15 is 0 Å². The minimum absolute atomic E-state index is 0.331. The Hall–Kier alpha value is -0.440. The molecule has 0 aliphatic carbocycles. The van der Waals surface area contributed by atoms with Crippen LogP contribution in [0.25, 0.3) is 0 Å². The minimum Gasteiger partial charge on any atom is -0.455 e. The van der Waals surface area contributed by atoms with E-state index in [0.29, 0.717) is 6.61 Å². The molecule has 3 saturated heterocycles. The van der Waals surface area contributed by atoms with Crippen molar-refractivity contribution >= 4 is 17.6 Å². The van der Waals surface area contributed by atoms with E-state index in [1.807, 2.05) is 34.6 Å². The fourth-order valence-corrected chi connectivity index (χ4v) is 3.41. The van der Waals surface area contributed by atoms with Crippen molar-refractivity contribution in [3.8, 4) is 0 Å². The highest BCUT2D eigenvalue weighted by Crippen LogP contribution is 2.42. The van der Waals surface area contributed by atoms with Gasteiger partial charge in [0.05, 0.1) is 6.61 Å². The molecule has 3 fully saturated rings. The Kier molecular flexibility index (Phi) is 5.13. The number of fused-ring (bicyclic) bond motifs is 1. The summed E-state index contributed by atoms with van der Waals surface area (Å²) in [7, 11) is 0. The van der Waals surface area contributed by atoms with Gasteiger partial charge in [-0.05, 0) is 33.1 Å². The van der Waals surface area contributed by atoms with Crippen LogP contribution in [-0.2, 0) is 33.2 Å². The molecule has 8 heteroatoms. The van der Waals surface area contributed by atoms with Gasteiger partial charge in [0.25, 0.3) is 0 Å². The number of ether oxygens (including phenoxy) is 6. The topological polar surface area (TPSA) is 72.5 Å². The molecule has 0 unspecified atom stereocenters. The second-order valence-electron chi connectivity index (χ2n) is 9.07. The SMILES string of the molecule is CC1(C)O[C@H]2O[C@H]([C@H]3COC(C)(C)O3)[C@H](OC(=O)[C@@H](Cl)C(C)(C)C)[C@H]2O1. The first-order chi connectivity index (χ1) is 11.8. The Bertz CT molecular complexity index is 556. The van der Waals surface area contributed by atoms with Crippen LogP contribution in [0.3, 0.4) is 0 Å². The first kappa shape index (κ1) is 20.3. The van der Waals surface area contributed by atoms with Gasteiger partial charge in [0.1, 0.15) is 17.6 Å². The van der Waals surface area contributed by atoms with Gasteiger partial charge in [0, 0.05) is 0 Å². The van der Waals surface area contributed by atoms with E-state index in [1.165, 1.54) is 0 Å². The summed E-state index contributed by atoms with van der Waals surface area (Å²) < 4.78 is 35.0. The first-order valence-electron chi connectivity index (χ1n) is 8.96. The smallest absolute Gasteiger partial charge is 0.325 e. The Morgan fingerprint density at radius 3 is 2.27 bits per heavy atom. The highest BCUT2D eigenvalue weighted by Gasteiger charge is 2.60. The van der Waals surface area contributed by atoms with Crippen LogP contribution in [0.5, 0.6) is 0 Å². The fraction of sp³-hybridized carbons (Fsp3) is 0.944. The van der Waals surface area contributed by atoms with Crippen LogP contribution >= 0.6 is 11.6 Å². The number of hydrogen-bond donors (Lipinski definition) is 0. The Balaban J connectivity index is 1.78. The molecule has 0 bridgehead atoms. The van der Waals surface area contributed by atoms with Gasteiger partial charge in [0.2, 0.25) is 0 Å². The Labute approximate surface area is 159 Å². The van der Waals surface area contributed by atoms with E-state index in [0.717, 1.165) is 0 Å². The number of carbonyl (C=O) groups excluding carboxylic acids is 1. The summed E-state index contributed by atoms with van der Waals surface area (Å²) in [6.07, 6.45) is -2.83. The number of hydrogen-bond acceptors (Lipinski definition) is 7. The third kappa shape index (κ3) is 4.03. The summed E-state index contributed by atoms with van der Waals surface area (Å²) in [5.41, 5.74) is -0.436. The molecular weight excluding hydrogens is 364 g/mol. The number of rotatable bonds is 3. The predicted octanol–water partition coefficient (Wildman–Crippen LogP) is 2.58. The number of esters is 1. The Morgan fingerprint density at radius 2 is 1.73 bits per heavy atom. The molecule has 3 rings (SSSR count). The van der Waals surface area contributed by atoms with E-state index in [9.17, 15) is 4.79 Å². The van der Waals surface area contributed by atoms with E-state index in [1.54, 1.807) is 13.8 Å². The van der Waals surface area contributed by atoms with Crippen LogP contribution < -0.4 is 0 Å². The van der Waals surface area contributed by atoms with Crippen LogP contribution in [0.15, 0.2) is 0 Å². The number of carbonyl (C=O) groups is 1. The van der Waals surface area contributed by atoms with Gasteiger partial charge in [-0.2, -0.15) is 0 Å². The van der Waals surface area contributed by atoms with Crippen LogP contribution in [-0.4, -0.2) is 60.2 Å². The molecule has 7 nitrogen and oxygen atoms in total. The zero-order chi connectivity index (χ0) is 19.5. The molecule has 0 aromatic rings. The zero-order valence-electron chi connectivity index (χ0n) is 16.4. The van der Waals surface area contributed by atoms with Crippen molar-refractivity contribution in [1.29, 1.82) is 0 Å². The fourth-order valence-electron chi connectivity index (χ4n) is 3.36. The standard InChI is InChI=1S/C18H29ClO7/c1-16(2,3)13(19)14(20)22-11-10(9-8-21-17(4,5)24-9)23-15-12(11)25-18(6,7)26-15/h9-13,15H,8H2,1-7H3/t9-,10-,11+,12-,13-,15-/m1/s1. The van der Waals surface area contributed by atoms with Gasteiger partial charge in [-0.25, -0.2) is 0 Å². The van der Waals surface area contributed by atoms with Gasteiger partial charge in [0.15, 0.2) is 30.1 Å². The maximum atomic E-state index is 12.6. The van der Waals surface area contributed by atoms with Crippen LogP contribution in [0, 0.1) is 5.41 Å². The van der Waals surface area contributed by atoms with Gasteiger partial charge < -0.3 is 28.4 Å². The molecule has 150 valence electrons. The lowest BCUT2D eigenvalue weighted by Crippen LogP contribution is -2.47. The van der Waals surface area contributed by atoms with Crippen LogP contribution in [0.2, 0.25) is 0 Å². The molecule has 0 amide bonds. The van der Waals surface area contributed by atoms with Crippen LogP contribution in [0.4, 0.5) is 0 Å². The average Bonchev–Trinajstić information content (AvgIpc) is 3.08. The van der Waals surface area contributed by atoms with E-state index < -0.39 is 59.0 Å². The van der Waals surface area contributed by atoms with Gasteiger partial charge in [-0.3, -0.25) is 4.79 Å². The summed E-state index contributed by atoms with van der Waals surface area (Å²) in [4.78, 5) is 12.6. The molecule has 3 aliphatic heterocycles. The summed E-state index contributed by atoms with van der Waals surface area (Å²) in [5.74, 6) is -2.05. The van der Waals surface area contributed by atoms with Crippen molar-refractivity contribution in [3.05, 3.63) is 0 Å². The average molecular weight is 393 g/mol. The second kappa shape index (κ2) is 6.57. The Morgan fingerprint density at radius 1 is 1.08 bits per heavy atom. The van der Waals surface area contributed by atoms with Gasteiger partial charge in [-0.15, -0.1) is 11.6 Å². The van der Waals surface area contributed by atoms with Crippen molar-refractivity contribution in [1.82, 2.24) is 0 Å². The van der Waals surface area contributed by atoms with Crippen molar-refractivity contribution in [2.45, 2.75) is 96.1 Å². The van der Waals surface area contributed by atoms with E-state index in [-0.39, 0.29) is 0 Å². The maximum Gasteiger partial charge on any atom is 0.325 e. The molecule has 0 spiro atoms. The molecule has 3 aliphatic rings. The van der Waals surface area contributed by atoms with Crippen molar-refractivity contribution in [3.63, 3.8) is 0 Å². The first-order valence-corrected chi connectivity index (χ1v) is 9.40. The molecule has 0 radical (unpaired) electrons. The molecule has 26 heavy (non-hydrogen) atoms. The largest absolute Gasteiger partial charge is 0.455 e. The third-order valence-corrected chi connectivity index (χ3v) is 5.48. The highest BCUT2D eigenvalue weighted by molar-refractivity contribution is 6.30. The number of halogens is 1. The van der Waals surface area contributed by atoms with Crippen LogP contribution in [0.1, 0.15) is 48.5 Å². The van der Waals surface area contributed by atoms with Crippen molar-refractivity contribution in [2.24, 2.45) is 5.41 Å². The molecular formula is C18H29ClO7. The third-order valence-electron chi connectivity index (χ3n) is 4.64. The lowest BCUT2D eigenvalue weighted by molar-refractivity contribution is -0.235. The van der Waals surface area contributed by atoms with Crippen molar-refractivity contribution in [2.75, 3.05) is 6.61 Å². The monoisotopic (exact) mass is 392 g/mol. The summed E-state index contributed by atoms with van der Waals surface area (Å²) in [6.45, 7) is 13.2. The molecule has 6 atom stereocenters. The summed E-state index contributed by atoms with van der Waals surface area (Å²) >= 11 is 6.29. The maximum absolute atomic E-state index is 12.6. The molecule has 3 heterocycles. The summed E-state index contributed by atoms with van der Waals surface area (Å²) in [6, 6.07) is 0. The lowest BCUT2D eigenvalue weighted by Gasteiger charge is -2.30. The predicted molar refractivity (Wildman–Crippen MR) is 92.6 cm³/mol. The molecule has 0 saturated carbocycles. The lowest BCUT2D eigenvalue weighted by atomic mass is 9.92. The second-order valence-corrected chi connectivity index (χ2v) is 9.50. The number of alkyl halides is 1. The molecule has 0 aromatic carbocycles. The van der Waals surface area contributed by atoms with E-state index in [2.05, 4.69) is 0 Å².